The van der Waals surface area contributed by atoms with Crippen LogP contribution in [0.15, 0.2) is 51.3 Å². The van der Waals surface area contributed by atoms with Crippen LogP contribution >= 0.6 is 39.0 Å². The summed E-state index contributed by atoms with van der Waals surface area (Å²) in [5.41, 5.74) is 8.83. The van der Waals surface area contributed by atoms with Gasteiger partial charge in [-0.25, -0.2) is 4.98 Å². The molecule has 1 heterocycles. The molecule has 0 aliphatic carbocycles. The summed E-state index contributed by atoms with van der Waals surface area (Å²) in [6.45, 7) is 0. The number of benzene rings is 2. The molecule has 3 aromatic rings. The van der Waals surface area contributed by atoms with E-state index in [-0.39, 0.29) is 0 Å². The highest BCUT2D eigenvalue weighted by molar-refractivity contribution is 9.10. The highest BCUT2D eigenvalue weighted by Crippen LogP contribution is 2.33. The normalized spacial score (nSPS) is 11.0. The summed E-state index contributed by atoms with van der Waals surface area (Å²) in [6.07, 6.45) is 0. The number of halogens is 1. The Morgan fingerprint density at radius 2 is 2.05 bits per heavy atom. The van der Waals surface area contributed by atoms with Crippen LogP contribution in [0.4, 0.5) is 5.69 Å². The number of para-hydroxylation sites is 1. The lowest BCUT2D eigenvalue weighted by molar-refractivity contribution is 1.28. The first kappa shape index (κ1) is 13.0. The van der Waals surface area contributed by atoms with Gasteiger partial charge in [-0.1, -0.05) is 45.9 Å². The maximum absolute atomic E-state index is 5.74. The van der Waals surface area contributed by atoms with Gasteiger partial charge < -0.3 is 5.73 Å². The van der Waals surface area contributed by atoms with E-state index in [4.69, 9.17) is 5.73 Å². The second-order valence-corrected chi connectivity index (χ2v) is 7.19. The van der Waals surface area contributed by atoms with E-state index in [2.05, 4.69) is 39.1 Å². The Kier molecular flexibility index (Phi) is 3.77. The topological polar surface area (TPSA) is 38.9 Å². The summed E-state index contributed by atoms with van der Waals surface area (Å²) in [4.78, 5) is 4.62. The Bertz CT molecular complexity index is 691. The van der Waals surface area contributed by atoms with E-state index in [1.807, 2.05) is 24.3 Å². The minimum atomic E-state index is 0.778. The largest absolute Gasteiger partial charge is 0.399 e. The smallest absolute Gasteiger partial charge is 0.151 e. The predicted octanol–water partition coefficient (Wildman–Crippen LogP) is 4.93. The Morgan fingerprint density at radius 3 is 2.84 bits per heavy atom. The van der Waals surface area contributed by atoms with Gasteiger partial charge in [-0.05, 0) is 29.8 Å². The van der Waals surface area contributed by atoms with E-state index < -0.39 is 0 Å². The van der Waals surface area contributed by atoms with Crippen molar-refractivity contribution in [1.82, 2.24) is 4.98 Å². The maximum atomic E-state index is 5.74. The fourth-order valence-electron chi connectivity index (χ4n) is 1.73. The van der Waals surface area contributed by atoms with Crippen LogP contribution in [0.1, 0.15) is 5.56 Å². The van der Waals surface area contributed by atoms with Gasteiger partial charge in [0.1, 0.15) is 0 Å². The molecule has 0 unspecified atom stereocenters. The molecule has 0 amide bonds. The Morgan fingerprint density at radius 1 is 1.21 bits per heavy atom. The molecule has 0 saturated carbocycles. The first-order valence-electron chi connectivity index (χ1n) is 5.74. The molecule has 3 rings (SSSR count). The van der Waals surface area contributed by atoms with Crippen LogP contribution < -0.4 is 5.73 Å². The van der Waals surface area contributed by atoms with Gasteiger partial charge in [-0.15, -0.1) is 11.3 Å². The summed E-state index contributed by atoms with van der Waals surface area (Å²) in [5.74, 6) is 0.890. The minimum absolute atomic E-state index is 0.778. The van der Waals surface area contributed by atoms with Gasteiger partial charge in [0, 0.05) is 15.9 Å². The van der Waals surface area contributed by atoms with Crippen molar-refractivity contribution >= 4 is 54.9 Å². The van der Waals surface area contributed by atoms with Gasteiger partial charge in [0.2, 0.25) is 0 Å². The zero-order valence-corrected chi connectivity index (χ0v) is 13.2. The summed E-state index contributed by atoms with van der Waals surface area (Å²) in [6, 6.07) is 14.1. The quantitative estimate of drug-likeness (QED) is 0.537. The number of thioether (sulfide) groups is 1. The van der Waals surface area contributed by atoms with Gasteiger partial charge in [-0.3, -0.25) is 0 Å². The molecule has 1 aromatic heterocycles. The zero-order valence-electron chi connectivity index (χ0n) is 9.97. The van der Waals surface area contributed by atoms with Crippen molar-refractivity contribution in [1.29, 1.82) is 0 Å². The fourth-order valence-corrected chi connectivity index (χ4v) is 4.53. The molecule has 5 heteroatoms. The average molecular weight is 351 g/mol. The molecule has 0 fully saturated rings. The number of rotatable bonds is 3. The number of hydrogen-bond acceptors (Lipinski definition) is 4. The number of hydrogen-bond donors (Lipinski definition) is 1. The van der Waals surface area contributed by atoms with Crippen LogP contribution in [-0.4, -0.2) is 4.98 Å². The average Bonchev–Trinajstić information content (AvgIpc) is 2.80. The Hall–Kier alpha value is -1.04. The molecule has 0 bridgehead atoms. The van der Waals surface area contributed by atoms with Crippen molar-refractivity contribution in [3.8, 4) is 0 Å². The maximum Gasteiger partial charge on any atom is 0.151 e. The second-order valence-electron chi connectivity index (χ2n) is 4.09. The summed E-state index contributed by atoms with van der Waals surface area (Å²) in [5, 5.41) is 0. The van der Waals surface area contributed by atoms with Crippen LogP contribution in [0.3, 0.4) is 0 Å². The van der Waals surface area contributed by atoms with E-state index in [0.29, 0.717) is 0 Å². The Balaban J connectivity index is 1.78. The summed E-state index contributed by atoms with van der Waals surface area (Å²) >= 11 is 7.04. The molecule has 2 aromatic carbocycles. The van der Waals surface area contributed by atoms with Crippen molar-refractivity contribution < 1.29 is 0 Å². The van der Waals surface area contributed by atoms with Crippen LogP contribution in [0, 0.1) is 0 Å². The zero-order chi connectivity index (χ0) is 13.2. The van der Waals surface area contributed by atoms with Gasteiger partial charge in [-0.2, -0.15) is 0 Å². The number of thiazole rings is 1. The second kappa shape index (κ2) is 5.53. The highest BCUT2D eigenvalue weighted by atomic mass is 79.9. The number of nitrogens with two attached hydrogens (primary N) is 1. The predicted molar refractivity (Wildman–Crippen MR) is 87.7 cm³/mol. The first-order chi connectivity index (χ1) is 9.22. The molecular weight excluding hydrogens is 340 g/mol. The van der Waals surface area contributed by atoms with Crippen molar-refractivity contribution in [3.63, 3.8) is 0 Å². The van der Waals surface area contributed by atoms with Crippen molar-refractivity contribution in [2.75, 3.05) is 5.73 Å². The molecule has 0 aliphatic heterocycles. The first-order valence-corrected chi connectivity index (χ1v) is 8.34. The molecule has 0 aliphatic rings. The molecule has 0 atom stereocenters. The number of anilines is 1. The number of aromatic nitrogens is 1. The van der Waals surface area contributed by atoms with Gasteiger partial charge in [0.15, 0.2) is 4.34 Å². The number of nitrogen functional groups attached to an aromatic ring is 1. The molecule has 2 N–H and O–H groups in total. The van der Waals surface area contributed by atoms with Gasteiger partial charge >= 0.3 is 0 Å². The van der Waals surface area contributed by atoms with Gasteiger partial charge in [0.25, 0.3) is 0 Å². The molecule has 0 saturated heterocycles. The third-order valence-corrected chi connectivity index (χ3v) is 5.67. The van der Waals surface area contributed by atoms with Crippen molar-refractivity contribution in [2.45, 2.75) is 10.1 Å². The summed E-state index contributed by atoms with van der Waals surface area (Å²) < 4.78 is 3.40. The van der Waals surface area contributed by atoms with Crippen LogP contribution in [0.25, 0.3) is 10.2 Å². The van der Waals surface area contributed by atoms with E-state index in [9.17, 15) is 0 Å². The fraction of sp³-hybridized carbons (Fsp3) is 0.0714. The lowest BCUT2D eigenvalue weighted by atomic mass is 10.2. The van der Waals surface area contributed by atoms with E-state index in [0.717, 1.165) is 25.8 Å². The highest BCUT2D eigenvalue weighted by Gasteiger charge is 2.06. The van der Waals surface area contributed by atoms with Crippen molar-refractivity contribution in [2.24, 2.45) is 0 Å². The SMILES string of the molecule is Nc1ccc(CSc2nc3ccccc3s2)c(Br)c1. The lowest BCUT2D eigenvalue weighted by Crippen LogP contribution is -1.88. The third-order valence-electron chi connectivity index (χ3n) is 2.70. The Labute approximate surface area is 128 Å². The molecule has 0 radical (unpaired) electrons. The van der Waals surface area contributed by atoms with E-state index in [1.165, 1.54) is 10.3 Å². The van der Waals surface area contributed by atoms with E-state index >= 15 is 0 Å². The molecular formula is C14H11BrN2S2. The third kappa shape index (κ3) is 2.94. The van der Waals surface area contributed by atoms with Crippen LogP contribution in [0.5, 0.6) is 0 Å². The molecule has 2 nitrogen and oxygen atoms in total. The minimum Gasteiger partial charge on any atom is -0.399 e. The monoisotopic (exact) mass is 350 g/mol. The lowest BCUT2D eigenvalue weighted by Gasteiger charge is -2.03. The van der Waals surface area contributed by atoms with Crippen molar-refractivity contribution in [3.05, 3.63) is 52.5 Å². The van der Waals surface area contributed by atoms with E-state index in [1.54, 1.807) is 23.1 Å². The number of fused-ring (bicyclic) bond motifs is 1. The molecule has 96 valence electrons. The summed E-state index contributed by atoms with van der Waals surface area (Å²) in [7, 11) is 0. The van der Waals surface area contributed by atoms with Crippen LogP contribution in [-0.2, 0) is 5.75 Å². The van der Waals surface area contributed by atoms with Gasteiger partial charge in [0.05, 0.1) is 10.2 Å². The molecule has 0 spiro atoms. The molecule has 19 heavy (non-hydrogen) atoms. The number of nitrogens with zero attached hydrogens (tertiary/aromatic N) is 1. The van der Waals surface area contributed by atoms with Crippen LogP contribution in [0.2, 0.25) is 0 Å². The standard InChI is InChI=1S/C14H11BrN2S2/c15-11-7-10(16)6-5-9(11)8-18-14-17-12-3-1-2-4-13(12)19-14/h1-7H,8,16H2.